The third kappa shape index (κ3) is 10.2. The van der Waals surface area contributed by atoms with Gasteiger partial charge in [0.2, 0.25) is 33.5 Å². The maximum atomic E-state index is 14.4. The highest BCUT2D eigenvalue weighted by Gasteiger charge is 2.48. The topological polar surface area (TPSA) is 171 Å². The Bertz CT molecular complexity index is 1310. The van der Waals surface area contributed by atoms with Gasteiger partial charge in [-0.1, -0.05) is 72.0 Å². The van der Waals surface area contributed by atoms with E-state index >= 15 is 0 Å². The van der Waals surface area contributed by atoms with E-state index in [1.54, 1.807) is 26.8 Å². The third-order valence-corrected chi connectivity index (χ3v) is 11.2. The lowest BCUT2D eigenvalue weighted by molar-refractivity contribution is -0.145. The molecule has 0 aromatic carbocycles. The van der Waals surface area contributed by atoms with Gasteiger partial charge in [0.05, 0.1) is 11.8 Å². The molecule has 0 aromatic rings. The van der Waals surface area contributed by atoms with Crippen LogP contribution in [0.5, 0.6) is 0 Å². The Morgan fingerprint density at radius 3 is 2.19 bits per heavy atom. The van der Waals surface area contributed by atoms with E-state index in [1.165, 1.54) is 17.9 Å². The molecule has 3 rings (SSSR count). The van der Waals surface area contributed by atoms with Gasteiger partial charge >= 0.3 is 0 Å². The van der Waals surface area contributed by atoms with Crippen LogP contribution >= 0.6 is 0 Å². The van der Waals surface area contributed by atoms with Crippen LogP contribution in [0.25, 0.3) is 0 Å². The summed E-state index contributed by atoms with van der Waals surface area (Å²) >= 11 is 0. The summed E-state index contributed by atoms with van der Waals surface area (Å²) in [6.07, 6.45) is 9.58. The second-order valence-corrected chi connectivity index (χ2v) is 16.9. The molecule has 1 unspecified atom stereocenters. The Morgan fingerprint density at radius 1 is 1.02 bits per heavy atom. The van der Waals surface area contributed by atoms with Crippen LogP contribution in [0.3, 0.4) is 0 Å². The highest BCUT2D eigenvalue weighted by molar-refractivity contribution is 7.89. The molecule has 5 atom stereocenters. The monoisotopic (exact) mass is 677 g/mol. The molecule has 4 N–H and O–H groups in total. The van der Waals surface area contributed by atoms with Crippen molar-refractivity contribution < 1.29 is 32.4 Å². The highest BCUT2D eigenvalue weighted by Crippen LogP contribution is 2.40. The van der Waals surface area contributed by atoms with Crippen molar-refractivity contribution in [2.24, 2.45) is 22.7 Å². The lowest BCUT2D eigenvalue weighted by Crippen LogP contribution is -2.63. The van der Waals surface area contributed by atoms with Gasteiger partial charge in [-0.15, -0.1) is 13.2 Å². The van der Waals surface area contributed by atoms with E-state index in [1.807, 2.05) is 6.92 Å². The molecule has 0 spiro atoms. The van der Waals surface area contributed by atoms with Gasteiger partial charge in [-0.25, -0.2) is 13.1 Å². The molecule has 0 bridgehead atoms. The molecule has 1 heterocycles. The molecular weight excluding hydrogens is 622 g/mol. The molecule has 12 nitrogen and oxygen atoms in total. The van der Waals surface area contributed by atoms with Gasteiger partial charge in [0, 0.05) is 13.1 Å². The van der Waals surface area contributed by atoms with Crippen LogP contribution in [0.1, 0.15) is 92.4 Å². The Balaban J connectivity index is 1.88. The van der Waals surface area contributed by atoms with E-state index < -0.39 is 74.4 Å². The predicted octanol–water partition coefficient (Wildman–Crippen LogP) is 2.35. The first-order chi connectivity index (χ1) is 22.0. The van der Waals surface area contributed by atoms with Crippen LogP contribution in [0.2, 0.25) is 0 Å². The SMILES string of the molecule is C=CCNC(=O)C(=O)C(CC1CC1)NC(=O)[C@@H]1C[C@@H](C=C)CN1C(=O)[C@@H](NC(=O)[C@@H](NS(=O)(=O)CC)C1(C)CCCCC1)C(C)(C)C. The van der Waals surface area contributed by atoms with Gasteiger partial charge in [-0.3, -0.25) is 24.0 Å². The maximum Gasteiger partial charge on any atom is 0.289 e. The van der Waals surface area contributed by atoms with Gasteiger partial charge in [-0.2, -0.15) is 0 Å². The summed E-state index contributed by atoms with van der Waals surface area (Å²) in [6, 6.07) is -4.18. The van der Waals surface area contributed by atoms with E-state index in [0.29, 0.717) is 19.3 Å². The minimum absolute atomic E-state index is 0.112. The molecular formula is C34H55N5O7S. The van der Waals surface area contributed by atoms with Crippen molar-refractivity contribution in [3.63, 3.8) is 0 Å². The zero-order chi connectivity index (χ0) is 35.2. The van der Waals surface area contributed by atoms with Gasteiger partial charge in [-0.05, 0) is 55.3 Å². The number of carbonyl (C=O) groups is 5. The zero-order valence-corrected chi connectivity index (χ0v) is 29.5. The van der Waals surface area contributed by atoms with Gasteiger partial charge in [0.1, 0.15) is 18.1 Å². The minimum Gasteiger partial charge on any atom is -0.346 e. The van der Waals surface area contributed by atoms with Crippen LogP contribution < -0.4 is 20.7 Å². The summed E-state index contributed by atoms with van der Waals surface area (Å²) < 4.78 is 28.1. The van der Waals surface area contributed by atoms with Crippen molar-refractivity contribution >= 4 is 39.4 Å². The number of Topliss-reactive ketones (excluding diaryl/α,β-unsaturated/α-hetero) is 1. The average molecular weight is 678 g/mol. The van der Waals surface area contributed by atoms with Crippen molar-refractivity contribution in [3.05, 3.63) is 25.3 Å². The molecule has 0 aromatic heterocycles. The zero-order valence-electron chi connectivity index (χ0n) is 28.7. The van der Waals surface area contributed by atoms with Gasteiger partial charge in [0.15, 0.2) is 0 Å². The number of carbonyl (C=O) groups excluding carboxylic acids is 5. The lowest BCUT2D eigenvalue weighted by Gasteiger charge is -2.42. The lowest BCUT2D eigenvalue weighted by atomic mass is 9.70. The number of hydrogen-bond donors (Lipinski definition) is 4. The first-order valence-corrected chi connectivity index (χ1v) is 18.6. The van der Waals surface area contributed by atoms with Crippen LogP contribution in [0.15, 0.2) is 25.3 Å². The van der Waals surface area contributed by atoms with E-state index in [-0.39, 0.29) is 37.1 Å². The molecule has 2 saturated carbocycles. The maximum absolute atomic E-state index is 14.4. The average Bonchev–Trinajstić information content (AvgIpc) is 3.73. The summed E-state index contributed by atoms with van der Waals surface area (Å²) in [6.45, 7) is 16.5. The normalized spacial score (nSPS) is 23.1. The Kier molecular flexibility index (Phi) is 13.0. The standard InChI is InChI=1S/C34H55N5O7S/c1-8-18-35-30(42)26(40)24(19-23-14-15-23)36-29(41)25-20-22(9-2)21-39(25)32(44)28(33(4,5)6)37-31(43)27(38-47(45,46)10-3)34(7)16-12-11-13-17-34/h8-9,22-25,27-28,38H,1-2,10-21H2,3-7H3,(H,35,42)(H,36,41)(H,37,43)/t22-,24?,25+,27-,28-/m1/s1. The fourth-order valence-corrected chi connectivity index (χ4v) is 7.51. The minimum atomic E-state index is -3.75. The number of sulfonamides is 1. The van der Waals surface area contributed by atoms with Crippen LogP contribution in [-0.4, -0.2) is 85.7 Å². The smallest absolute Gasteiger partial charge is 0.289 e. The van der Waals surface area contributed by atoms with E-state index in [0.717, 1.165) is 32.1 Å². The van der Waals surface area contributed by atoms with Crippen LogP contribution in [0, 0.1) is 22.7 Å². The van der Waals surface area contributed by atoms with E-state index in [9.17, 15) is 32.4 Å². The summed E-state index contributed by atoms with van der Waals surface area (Å²) in [5.74, 6) is -3.37. The molecule has 47 heavy (non-hydrogen) atoms. The number of rotatable bonds is 16. The number of hydrogen-bond acceptors (Lipinski definition) is 7. The summed E-state index contributed by atoms with van der Waals surface area (Å²) in [5.41, 5.74) is -1.45. The van der Waals surface area contributed by atoms with Crippen LogP contribution in [0.4, 0.5) is 0 Å². The molecule has 2 aliphatic carbocycles. The Labute approximate surface area is 280 Å². The second-order valence-electron chi connectivity index (χ2n) is 14.8. The molecule has 3 fully saturated rings. The number of amides is 4. The van der Waals surface area contributed by atoms with E-state index in [4.69, 9.17) is 0 Å². The number of likely N-dealkylation sites (tertiary alicyclic amines) is 1. The Hall–Kier alpha value is -3.06. The Morgan fingerprint density at radius 2 is 1.66 bits per heavy atom. The molecule has 13 heteroatoms. The molecule has 1 saturated heterocycles. The van der Waals surface area contributed by atoms with Crippen LogP contribution in [-0.2, 0) is 34.0 Å². The third-order valence-electron chi connectivity index (χ3n) is 9.81. The first-order valence-electron chi connectivity index (χ1n) is 16.9. The van der Waals surface area contributed by atoms with Crippen molar-refractivity contribution in [2.75, 3.05) is 18.8 Å². The fourth-order valence-electron chi connectivity index (χ4n) is 6.59. The van der Waals surface area contributed by atoms with Gasteiger partial charge in [0.25, 0.3) is 5.91 Å². The molecule has 4 amide bonds. The summed E-state index contributed by atoms with van der Waals surface area (Å²) in [4.78, 5) is 69.2. The highest BCUT2D eigenvalue weighted by atomic mass is 32.2. The van der Waals surface area contributed by atoms with E-state index in [2.05, 4.69) is 33.8 Å². The second kappa shape index (κ2) is 15.9. The predicted molar refractivity (Wildman–Crippen MR) is 180 cm³/mol. The van der Waals surface area contributed by atoms with Crippen molar-refractivity contribution in [1.29, 1.82) is 0 Å². The number of nitrogens with zero attached hydrogens (tertiary/aromatic N) is 1. The molecule has 264 valence electrons. The quantitative estimate of drug-likeness (QED) is 0.144. The molecule has 3 aliphatic rings. The largest absolute Gasteiger partial charge is 0.346 e. The van der Waals surface area contributed by atoms with Crippen molar-refractivity contribution in [1.82, 2.24) is 25.6 Å². The summed E-state index contributed by atoms with van der Waals surface area (Å²) in [7, 11) is -3.75. The molecule has 0 radical (unpaired) electrons. The molecule has 1 aliphatic heterocycles. The van der Waals surface area contributed by atoms with Gasteiger partial charge < -0.3 is 20.9 Å². The van der Waals surface area contributed by atoms with Crippen molar-refractivity contribution in [3.8, 4) is 0 Å². The fraction of sp³-hybridized carbons (Fsp3) is 0.735. The summed E-state index contributed by atoms with van der Waals surface area (Å²) in [5, 5.41) is 8.14. The number of nitrogens with one attached hydrogen (secondary N) is 4. The number of ketones is 1. The first kappa shape index (κ1) is 38.4. The van der Waals surface area contributed by atoms with Crippen molar-refractivity contribution in [2.45, 2.75) is 117 Å².